The van der Waals surface area contributed by atoms with E-state index < -0.39 is 9.84 Å². The third-order valence-corrected chi connectivity index (χ3v) is 4.55. The molecule has 1 aromatic carbocycles. The van der Waals surface area contributed by atoms with E-state index in [-0.39, 0.29) is 12.4 Å². The van der Waals surface area contributed by atoms with Crippen LogP contribution in [0.2, 0.25) is 0 Å². The number of aliphatic hydroxyl groups excluding tert-OH is 1. The molecule has 0 bridgehead atoms. The Morgan fingerprint density at radius 1 is 1.32 bits per heavy atom. The molecule has 0 heterocycles. The Balaban J connectivity index is 2.56. The summed E-state index contributed by atoms with van der Waals surface area (Å²) in [7, 11) is -2.88. The van der Waals surface area contributed by atoms with Crippen LogP contribution in [0.15, 0.2) is 24.3 Å². The number of benzene rings is 1. The van der Waals surface area contributed by atoms with Crippen molar-refractivity contribution in [2.45, 2.75) is 12.2 Å². The van der Waals surface area contributed by atoms with E-state index in [0.717, 1.165) is 16.9 Å². The third-order valence-electron chi connectivity index (χ3n) is 2.33. The van der Waals surface area contributed by atoms with Crippen LogP contribution in [0, 0.1) is 11.8 Å². The lowest BCUT2D eigenvalue weighted by atomic mass is 10.1. The fourth-order valence-corrected chi connectivity index (χ4v) is 3.67. The Bertz CT molecular complexity index is 554. The molecule has 1 rings (SSSR count). The fraction of sp³-hybridized carbons (Fsp3) is 0.429. The first-order chi connectivity index (χ1) is 9.03. The highest BCUT2D eigenvalue weighted by molar-refractivity contribution is 7.99. The van der Waals surface area contributed by atoms with E-state index in [1.165, 1.54) is 6.26 Å². The topological polar surface area (TPSA) is 54.4 Å². The van der Waals surface area contributed by atoms with Gasteiger partial charge >= 0.3 is 0 Å². The maximum absolute atomic E-state index is 11.0. The molecule has 3 nitrogen and oxygen atoms in total. The van der Waals surface area contributed by atoms with Gasteiger partial charge in [-0.3, -0.25) is 0 Å². The minimum atomic E-state index is -2.88. The number of hydrogen-bond donors (Lipinski definition) is 1. The zero-order valence-corrected chi connectivity index (χ0v) is 12.6. The summed E-state index contributed by atoms with van der Waals surface area (Å²) < 4.78 is 22.0. The van der Waals surface area contributed by atoms with Crippen LogP contribution in [0.3, 0.4) is 0 Å². The quantitative estimate of drug-likeness (QED) is 0.641. The van der Waals surface area contributed by atoms with Gasteiger partial charge in [0, 0.05) is 29.7 Å². The van der Waals surface area contributed by atoms with Gasteiger partial charge in [0.25, 0.3) is 0 Å². The lowest BCUT2D eigenvalue weighted by molar-refractivity contribution is 0.305. The lowest BCUT2D eigenvalue weighted by Gasteiger charge is -2.04. The van der Waals surface area contributed by atoms with Gasteiger partial charge in [-0.05, 0) is 11.6 Å². The summed E-state index contributed by atoms with van der Waals surface area (Å²) >= 11 is 1.59. The van der Waals surface area contributed by atoms with E-state index in [1.54, 1.807) is 11.8 Å². The minimum absolute atomic E-state index is 0.0677. The van der Waals surface area contributed by atoms with Crippen molar-refractivity contribution < 1.29 is 13.5 Å². The fourth-order valence-electron chi connectivity index (χ4n) is 1.37. The predicted molar refractivity (Wildman–Crippen MR) is 80.9 cm³/mol. The molecule has 19 heavy (non-hydrogen) atoms. The Kier molecular flexibility index (Phi) is 7.00. The molecule has 0 atom stereocenters. The van der Waals surface area contributed by atoms with Crippen LogP contribution in [0.25, 0.3) is 0 Å². The first kappa shape index (κ1) is 16.1. The molecule has 0 fully saturated rings. The largest absolute Gasteiger partial charge is 0.395 e. The van der Waals surface area contributed by atoms with Crippen molar-refractivity contribution in [1.29, 1.82) is 0 Å². The molecule has 0 saturated carbocycles. The van der Waals surface area contributed by atoms with Crippen LogP contribution in [-0.4, -0.2) is 37.9 Å². The van der Waals surface area contributed by atoms with Crippen LogP contribution in [0.4, 0.5) is 0 Å². The standard InChI is InChI=1S/C14H18O3S2/c1-19(16,17)11-10-18-12-14-8-3-2-6-13(14)7-4-5-9-15/h2-3,6,8,15H,5,9-12H2,1H3. The highest BCUT2D eigenvalue weighted by atomic mass is 32.2. The van der Waals surface area contributed by atoms with Crippen LogP contribution in [0.5, 0.6) is 0 Å². The Morgan fingerprint density at radius 2 is 2.05 bits per heavy atom. The third kappa shape index (κ3) is 7.26. The molecule has 0 aromatic heterocycles. The second-order valence-electron chi connectivity index (χ2n) is 4.11. The summed E-state index contributed by atoms with van der Waals surface area (Å²) in [6.45, 7) is 0.0677. The molecule has 5 heteroatoms. The number of rotatable bonds is 6. The van der Waals surface area contributed by atoms with Gasteiger partial charge in [0.15, 0.2) is 0 Å². The van der Waals surface area contributed by atoms with Crippen molar-refractivity contribution >= 4 is 21.6 Å². The van der Waals surface area contributed by atoms with E-state index >= 15 is 0 Å². The smallest absolute Gasteiger partial charge is 0.148 e. The lowest BCUT2D eigenvalue weighted by Crippen LogP contribution is -2.05. The highest BCUT2D eigenvalue weighted by Crippen LogP contribution is 2.16. The van der Waals surface area contributed by atoms with E-state index in [9.17, 15) is 8.42 Å². The van der Waals surface area contributed by atoms with Gasteiger partial charge in [0.2, 0.25) is 0 Å². The molecule has 0 amide bonds. The Labute approximate surface area is 119 Å². The van der Waals surface area contributed by atoms with E-state index in [0.29, 0.717) is 12.2 Å². The van der Waals surface area contributed by atoms with E-state index in [4.69, 9.17) is 5.11 Å². The zero-order chi connectivity index (χ0) is 14.1. The second-order valence-corrected chi connectivity index (χ2v) is 7.48. The van der Waals surface area contributed by atoms with Crippen LogP contribution >= 0.6 is 11.8 Å². The van der Waals surface area contributed by atoms with Crippen LogP contribution < -0.4 is 0 Å². The van der Waals surface area contributed by atoms with Gasteiger partial charge < -0.3 is 5.11 Å². The molecule has 0 saturated heterocycles. The molecule has 1 N–H and O–H groups in total. The van der Waals surface area contributed by atoms with Crippen molar-refractivity contribution in [3.05, 3.63) is 35.4 Å². The van der Waals surface area contributed by atoms with Gasteiger partial charge in [-0.1, -0.05) is 30.0 Å². The van der Waals surface area contributed by atoms with E-state index in [1.807, 2.05) is 24.3 Å². The number of sulfone groups is 1. The summed E-state index contributed by atoms with van der Waals surface area (Å²) in [4.78, 5) is 0. The average Bonchev–Trinajstić information content (AvgIpc) is 2.35. The molecule has 0 aliphatic carbocycles. The number of hydrogen-bond acceptors (Lipinski definition) is 4. The zero-order valence-electron chi connectivity index (χ0n) is 10.9. The van der Waals surface area contributed by atoms with Crippen LogP contribution in [0.1, 0.15) is 17.5 Å². The van der Waals surface area contributed by atoms with Crippen molar-refractivity contribution in [3.63, 3.8) is 0 Å². The SMILES string of the molecule is CS(=O)(=O)CCSCc1ccccc1C#CCCO. The number of thioether (sulfide) groups is 1. The molecule has 1 aromatic rings. The predicted octanol–water partition coefficient (Wildman–Crippen LogP) is 1.70. The average molecular weight is 298 g/mol. The minimum Gasteiger partial charge on any atom is -0.395 e. The van der Waals surface area contributed by atoms with Crippen molar-refractivity contribution in [2.24, 2.45) is 0 Å². The molecule has 0 unspecified atom stereocenters. The van der Waals surface area contributed by atoms with Gasteiger partial charge in [-0.2, -0.15) is 11.8 Å². The highest BCUT2D eigenvalue weighted by Gasteiger charge is 2.03. The second kappa shape index (κ2) is 8.26. The van der Waals surface area contributed by atoms with Gasteiger partial charge in [-0.25, -0.2) is 8.42 Å². The molecule has 0 aliphatic heterocycles. The normalized spacial score (nSPS) is 10.8. The number of aliphatic hydroxyl groups is 1. The summed E-state index contributed by atoms with van der Waals surface area (Å²) in [6, 6.07) is 7.81. The summed E-state index contributed by atoms with van der Waals surface area (Å²) in [5.41, 5.74) is 2.05. The van der Waals surface area contributed by atoms with Crippen molar-refractivity contribution in [1.82, 2.24) is 0 Å². The van der Waals surface area contributed by atoms with Gasteiger partial charge in [0.05, 0.1) is 12.4 Å². The molecule has 0 spiro atoms. The molecular formula is C14H18O3S2. The first-order valence-corrected chi connectivity index (χ1v) is 9.17. The summed E-state index contributed by atoms with van der Waals surface area (Å²) in [5, 5.41) is 8.70. The van der Waals surface area contributed by atoms with Gasteiger partial charge in [0.1, 0.15) is 9.84 Å². The Hall–Kier alpha value is -0.960. The maximum Gasteiger partial charge on any atom is 0.148 e. The molecular weight excluding hydrogens is 280 g/mol. The Morgan fingerprint density at radius 3 is 2.74 bits per heavy atom. The summed E-state index contributed by atoms with van der Waals surface area (Å²) in [6.07, 6.45) is 1.72. The monoisotopic (exact) mass is 298 g/mol. The maximum atomic E-state index is 11.0. The summed E-state index contributed by atoms with van der Waals surface area (Å²) in [5.74, 6) is 7.48. The van der Waals surface area contributed by atoms with Crippen molar-refractivity contribution in [3.8, 4) is 11.8 Å². The van der Waals surface area contributed by atoms with Crippen LogP contribution in [-0.2, 0) is 15.6 Å². The van der Waals surface area contributed by atoms with Gasteiger partial charge in [-0.15, -0.1) is 0 Å². The molecule has 104 valence electrons. The van der Waals surface area contributed by atoms with Crippen molar-refractivity contribution in [2.75, 3.05) is 24.4 Å². The molecule has 0 aliphatic rings. The van der Waals surface area contributed by atoms with E-state index in [2.05, 4.69) is 11.8 Å². The first-order valence-electron chi connectivity index (χ1n) is 5.96. The molecule has 0 radical (unpaired) electrons.